The van der Waals surface area contributed by atoms with Crippen molar-refractivity contribution >= 4 is 11.4 Å². The largest absolute Gasteiger partial charge is 0.393 e. The average molecular weight is 207 g/mol. The van der Waals surface area contributed by atoms with Crippen molar-refractivity contribution in [3.05, 3.63) is 32.9 Å². The second-order valence-corrected chi connectivity index (χ2v) is 3.77. The molecule has 3 N–H and O–H groups in total. The van der Waals surface area contributed by atoms with Crippen molar-refractivity contribution in [3.8, 4) is 0 Å². The smallest absolute Gasteiger partial charge is 0.292 e. The Kier molecular flexibility index (Phi) is 2.32. The van der Waals surface area contributed by atoms with E-state index in [-0.39, 0.29) is 5.69 Å². The Bertz CT molecular complexity index is 429. The van der Waals surface area contributed by atoms with Crippen LogP contribution in [0.2, 0.25) is 0 Å². The van der Waals surface area contributed by atoms with Crippen molar-refractivity contribution in [3.63, 3.8) is 0 Å². The lowest BCUT2D eigenvalue weighted by atomic mass is 9.94. The Morgan fingerprint density at radius 1 is 1.53 bits per heavy atom. The van der Waals surface area contributed by atoms with Crippen molar-refractivity contribution in [2.24, 2.45) is 0 Å². The van der Waals surface area contributed by atoms with E-state index in [4.69, 9.17) is 5.73 Å². The number of nitrogens with zero attached hydrogens (tertiary/aromatic N) is 1. The molecule has 1 aliphatic heterocycles. The molecule has 2 rings (SSSR count). The normalized spacial score (nSPS) is 14.7. The van der Waals surface area contributed by atoms with Crippen LogP contribution >= 0.6 is 0 Å². The third kappa shape index (κ3) is 1.55. The number of fused-ring (bicyclic) bond motifs is 1. The van der Waals surface area contributed by atoms with Crippen LogP contribution < -0.4 is 11.1 Å². The number of hydrogen-bond donors (Lipinski definition) is 2. The summed E-state index contributed by atoms with van der Waals surface area (Å²) in [6.07, 6.45) is 0.892. The molecule has 0 spiro atoms. The lowest BCUT2D eigenvalue weighted by Crippen LogP contribution is -2.25. The van der Waals surface area contributed by atoms with Gasteiger partial charge < -0.3 is 11.1 Å². The van der Waals surface area contributed by atoms with Gasteiger partial charge in [0.25, 0.3) is 5.69 Å². The highest BCUT2D eigenvalue weighted by molar-refractivity contribution is 5.67. The van der Waals surface area contributed by atoms with Crippen molar-refractivity contribution in [1.29, 1.82) is 0 Å². The SMILES string of the molecule is Cc1cc([N+](=O)[O-])c(N)c2c1CCNC2. The van der Waals surface area contributed by atoms with Crippen LogP contribution in [0.3, 0.4) is 0 Å². The number of aryl methyl sites for hydroxylation is 1. The number of hydrogen-bond acceptors (Lipinski definition) is 4. The molecule has 15 heavy (non-hydrogen) atoms. The van der Waals surface area contributed by atoms with Crippen LogP contribution in [0, 0.1) is 17.0 Å². The average Bonchev–Trinajstić information content (AvgIpc) is 2.23. The van der Waals surface area contributed by atoms with E-state index in [0.717, 1.165) is 29.7 Å². The summed E-state index contributed by atoms with van der Waals surface area (Å²) in [5.74, 6) is 0. The summed E-state index contributed by atoms with van der Waals surface area (Å²) < 4.78 is 0. The molecule has 0 fully saturated rings. The van der Waals surface area contributed by atoms with Crippen LogP contribution in [0.15, 0.2) is 6.07 Å². The number of anilines is 1. The van der Waals surface area contributed by atoms with Gasteiger partial charge in [-0.25, -0.2) is 0 Å². The molecule has 0 atom stereocenters. The molecule has 1 heterocycles. The molecular formula is C10H13N3O2. The van der Waals surface area contributed by atoms with Gasteiger partial charge in [0.05, 0.1) is 4.92 Å². The second-order valence-electron chi connectivity index (χ2n) is 3.77. The zero-order valence-corrected chi connectivity index (χ0v) is 8.54. The van der Waals surface area contributed by atoms with E-state index in [2.05, 4.69) is 5.32 Å². The third-order valence-electron chi connectivity index (χ3n) is 2.84. The lowest BCUT2D eigenvalue weighted by molar-refractivity contribution is -0.384. The van der Waals surface area contributed by atoms with E-state index in [1.807, 2.05) is 6.92 Å². The van der Waals surface area contributed by atoms with Gasteiger partial charge >= 0.3 is 0 Å². The van der Waals surface area contributed by atoms with E-state index >= 15 is 0 Å². The first-order valence-electron chi connectivity index (χ1n) is 4.87. The maximum absolute atomic E-state index is 10.8. The first-order valence-corrected chi connectivity index (χ1v) is 4.87. The molecule has 0 aromatic heterocycles. The van der Waals surface area contributed by atoms with Gasteiger partial charge in [0.2, 0.25) is 0 Å². The van der Waals surface area contributed by atoms with Crippen LogP contribution in [0.4, 0.5) is 11.4 Å². The zero-order chi connectivity index (χ0) is 11.0. The van der Waals surface area contributed by atoms with Crippen LogP contribution in [0.5, 0.6) is 0 Å². The van der Waals surface area contributed by atoms with Gasteiger partial charge in [0.15, 0.2) is 0 Å². The molecule has 5 nitrogen and oxygen atoms in total. The van der Waals surface area contributed by atoms with Gasteiger partial charge in [-0.05, 0) is 36.6 Å². The van der Waals surface area contributed by atoms with Crippen LogP contribution in [-0.4, -0.2) is 11.5 Å². The number of nitrogens with one attached hydrogen (secondary N) is 1. The summed E-state index contributed by atoms with van der Waals surface area (Å²) in [6.45, 7) is 3.44. The van der Waals surface area contributed by atoms with Crippen molar-refractivity contribution < 1.29 is 4.92 Å². The fourth-order valence-electron chi connectivity index (χ4n) is 2.05. The molecule has 5 heteroatoms. The summed E-state index contributed by atoms with van der Waals surface area (Å²) in [6, 6.07) is 1.57. The highest BCUT2D eigenvalue weighted by Crippen LogP contribution is 2.32. The minimum Gasteiger partial charge on any atom is -0.393 e. The highest BCUT2D eigenvalue weighted by Gasteiger charge is 2.22. The van der Waals surface area contributed by atoms with Gasteiger partial charge in [-0.2, -0.15) is 0 Å². The Labute approximate surface area is 87.4 Å². The summed E-state index contributed by atoms with van der Waals surface area (Å²) in [5, 5.41) is 13.9. The number of nitro groups is 1. The Balaban J connectivity index is 2.64. The molecule has 0 radical (unpaired) electrons. The van der Waals surface area contributed by atoms with E-state index in [1.54, 1.807) is 6.07 Å². The summed E-state index contributed by atoms with van der Waals surface area (Å²) >= 11 is 0. The Hall–Kier alpha value is -1.62. The van der Waals surface area contributed by atoms with Gasteiger partial charge in [0.1, 0.15) is 5.69 Å². The van der Waals surface area contributed by atoms with E-state index < -0.39 is 4.92 Å². The molecule has 0 amide bonds. The molecule has 80 valence electrons. The molecular weight excluding hydrogens is 194 g/mol. The number of rotatable bonds is 1. The molecule has 0 bridgehead atoms. The predicted molar refractivity (Wildman–Crippen MR) is 57.7 cm³/mol. The van der Waals surface area contributed by atoms with Crippen molar-refractivity contribution in [1.82, 2.24) is 5.32 Å². The summed E-state index contributed by atoms with van der Waals surface area (Å²) in [7, 11) is 0. The van der Waals surface area contributed by atoms with E-state index in [1.165, 1.54) is 0 Å². The molecule has 0 saturated heterocycles. The molecule has 0 unspecified atom stereocenters. The lowest BCUT2D eigenvalue weighted by Gasteiger charge is -2.20. The van der Waals surface area contributed by atoms with E-state index in [0.29, 0.717) is 12.2 Å². The van der Waals surface area contributed by atoms with Crippen LogP contribution in [0.25, 0.3) is 0 Å². The van der Waals surface area contributed by atoms with Gasteiger partial charge in [0, 0.05) is 12.6 Å². The first-order chi connectivity index (χ1) is 7.11. The summed E-state index contributed by atoms with van der Waals surface area (Å²) in [4.78, 5) is 10.3. The highest BCUT2D eigenvalue weighted by atomic mass is 16.6. The number of nitrogens with two attached hydrogens (primary N) is 1. The van der Waals surface area contributed by atoms with Gasteiger partial charge in [-0.1, -0.05) is 0 Å². The molecule has 0 aliphatic carbocycles. The topological polar surface area (TPSA) is 81.2 Å². The number of nitrogen functional groups attached to an aromatic ring is 1. The van der Waals surface area contributed by atoms with Gasteiger partial charge in [-0.3, -0.25) is 10.1 Å². The third-order valence-corrected chi connectivity index (χ3v) is 2.84. The van der Waals surface area contributed by atoms with Crippen LogP contribution in [-0.2, 0) is 13.0 Å². The quantitative estimate of drug-likeness (QED) is 0.411. The monoisotopic (exact) mass is 207 g/mol. The first kappa shape index (κ1) is 9.92. The summed E-state index contributed by atoms with van der Waals surface area (Å²) in [5.41, 5.74) is 9.15. The van der Waals surface area contributed by atoms with Crippen LogP contribution in [0.1, 0.15) is 16.7 Å². The minimum atomic E-state index is -0.419. The fraction of sp³-hybridized carbons (Fsp3) is 0.400. The van der Waals surface area contributed by atoms with Gasteiger partial charge in [-0.15, -0.1) is 0 Å². The maximum atomic E-state index is 10.8. The molecule has 1 aliphatic rings. The second kappa shape index (κ2) is 3.51. The maximum Gasteiger partial charge on any atom is 0.292 e. The van der Waals surface area contributed by atoms with Crippen molar-refractivity contribution in [2.75, 3.05) is 12.3 Å². The zero-order valence-electron chi connectivity index (χ0n) is 8.54. The van der Waals surface area contributed by atoms with Crippen molar-refractivity contribution in [2.45, 2.75) is 19.9 Å². The molecule has 0 saturated carbocycles. The molecule has 1 aromatic carbocycles. The number of nitro benzene ring substituents is 1. The predicted octanol–water partition coefficient (Wildman–Crippen LogP) is 1.13. The van der Waals surface area contributed by atoms with E-state index in [9.17, 15) is 10.1 Å². The molecule has 1 aromatic rings. The number of benzene rings is 1. The minimum absolute atomic E-state index is 0.0231. The standard InChI is InChI=1S/C10H13N3O2/c1-6-4-9(13(14)15)10(11)8-5-12-3-2-7(6)8/h4,12H,2-3,5,11H2,1H3. The fourth-order valence-corrected chi connectivity index (χ4v) is 2.05. The Morgan fingerprint density at radius 3 is 2.93 bits per heavy atom. The Morgan fingerprint density at radius 2 is 2.27 bits per heavy atom.